The lowest BCUT2D eigenvalue weighted by molar-refractivity contribution is -0.217. The fourth-order valence-corrected chi connectivity index (χ4v) is 5.97. The van der Waals surface area contributed by atoms with Gasteiger partial charge in [-0.05, 0) is 31.9 Å². The van der Waals surface area contributed by atoms with Crippen molar-refractivity contribution in [2.24, 2.45) is 0 Å². The van der Waals surface area contributed by atoms with Crippen LogP contribution in [0.5, 0.6) is 0 Å². The van der Waals surface area contributed by atoms with Crippen LogP contribution < -0.4 is 0 Å². The number of rotatable bonds is 27. The fourth-order valence-electron chi connectivity index (χ4n) is 4.20. The highest BCUT2D eigenvalue weighted by Gasteiger charge is 2.45. The zero-order valence-electron chi connectivity index (χ0n) is 23.2. The standard InChI is InChI=1S/C28H55O5PS/c1-5-8-10-12-13-14-15-16-17-19-21-24-35-26(22-20-18-11-9-6-2)25(4)33-28(34-31,27(29)30)32-23-7-3/h25-26H,5-24H2,1-4H3,(H,29,30). The maximum absolute atomic E-state index is 11.9. The number of aliphatic carboxylic acids is 1. The summed E-state index contributed by atoms with van der Waals surface area (Å²) in [5.41, 5.74) is -2.10. The molecule has 5 nitrogen and oxygen atoms in total. The van der Waals surface area contributed by atoms with Crippen LogP contribution >= 0.6 is 20.2 Å². The van der Waals surface area contributed by atoms with Crippen molar-refractivity contribution in [1.82, 2.24) is 0 Å². The summed E-state index contributed by atoms with van der Waals surface area (Å²) in [6.45, 7) is 8.47. The number of unbranched alkanes of at least 4 members (excludes halogenated alkanes) is 14. The topological polar surface area (TPSA) is 72.8 Å². The second-order valence-electron chi connectivity index (χ2n) is 9.80. The van der Waals surface area contributed by atoms with Crippen LogP contribution in [-0.4, -0.2) is 40.3 Å². The predicted molar refractivity (Wildman–Crippen MR) is 151 cm³/mol. The highest BCUT2D eigenvalue weighted by atomic mass is 32.2. The van der Waals surface area contributed by atoms with Gasteiger partial charge in [0.05, 0.1) is 12.7 Å². The molecule has 0 radical (unpaired) electrons. The SMILES string of the molecule is CCCCCCCCCCCCCSC(CCCCCCC)C(C)OC(OCCC)(P=O)C(=O)O. The van der Waals surface area contributed by atoms with Crippen LogP contribution in [-0.2, 0) is 18.8 Å². The Morgan fingerprint density at radius 3 is 1.74 bits per heavy atom. The molecule has 3 atom stereocenters. The molecule has 35 heavy (non-hydrogen) atoms. The predicted octanol–water partition coefficient (Wildman–Crippen LogP) is 9.62. The molecule has 1 N–H and O–H groups in total. The van der Waals surface area contributed by atoms with Crippen LogP contribution in [0.25, 0.3) is 0 Å². The molecule has 0 aliphatic heterocycles. The molecule has 0 heterocycles. The average Bonchev–Trinajstić information content (AvgIpc) is 2.85. The quantitative estimate of drug-likeness (QED) is 0.0642. The molecule has 208 valence electrons. The summed E-state index contributed by atoms with van der Waals surface area (Å²) in [6.07, 6.45) is 21.9. The van der Waals surface area contributed by atoms with Gasteiger partial charge in [-0.3, -0.25) is 4.57 Å². The molecule has 7 heteroatoms. The Hall–Kier alpha value is -0.160. The fraction of sp³-hybridized carbons (Fsp3) is 0.964. The monoisotopic (exact) mass is 534 g/mol. The number of hydrogen-bond donors (Lipinski definition) is 1. The van der Waals surface area contributed by atoms with Gasteiger partial charge < -0.3 is 14.6 Å². The van der Waals surface area contributed by atoms with Crippen LogP contribution in [0.15, 0.2) is 0 Å². The van der Waals surface area contributed by atoms with Crippen LogP contribution in [0.2, 0.25) is 0 Å². The summed E-state index contributed by atoms with van der Waals surface area (Å²) in [4.78, 5) is 11.9. The number of carboxylic acid groups (broad SMARTS) is 1. The van der Waals surface area contributed by atoms with Crippen LogP contribution in [0, 0.1) is 0 Å². The molecule has 3 unspecified atom stereocenters. The lowest BCUT2D eigenvalue weighted by atomic mass is 10.1. The van der Waals surface area contributed by atoms with E-state index in [1.165, 1.54) is 96.3 Å². The molecule has 0 aliphatic rings. The molecule has 0 fully saturated rings. The van der Waals surface area contributed by atoms with E-state index >= 15 is 0 Å². The molecule has 0 aliphatic carbocycles. The summed E-state index contributed by atoms with van der Waals surface area (Å²) in [5.74, 6) is -0.276. The highest BCUT2D eigenvalue weighted by Crippen LogP contribution is 2.33. The number of ether oxygens (including phenoxy) is 2. The number of hydrogen-bond acceptors (Lipinski definition) is 5. The molecule has 0 amide bonds. The van der Waals surface area contributed by atoms with Gasteiger partial charge in [0.25, 0.3) is 0 Å². The minimum Gasteiger partial charge on any atom is -0.477 e. The first kappa shape index (κ1) is 34.8. The van der Waals surface area contributed by atoms with Crippen LogP contribution in [0.1, 0.15) is 143 Å². The van der Waals surface area contributed by atoms with Crippen LogP contribution in [0.4, 0.5) is 0 Å². The third kappa shape index (κ3) is 17.8. The molecule has 0 aromatic rings. The van der Waals surface area contributed by atoms with Crippen molar-refractivity contribution < 1.29 is 23.9 Å². The minimum atomic E-state index is -2.10. The Morgan fingerprint density at radius 2 is 1.29 bits per heavy atom. The zero-order chi connectivity index (χ0) is 26.2. The summed E-state index contributed by atoms with van der Waals surface area (Å²) in [6, 6.07) is 0. The van der Waals surface area contributed by atoms with Crippen molar-refractivity contribution in [3.8, 4) is 0 Å². The van der Waals surface area contributed by atoms with E-state index in [0.717, 1.165) is 18.6 Å². The van der Waals surface area contributed by atoms with Crippen molar-refractivity contribution in [1.29, 1.82) is 0 Å². The van der Waals surface area contributed by atoms with E-state index in [1.807, 2.05) is 25.6 Å². The maximum atomic E-state index is 11.9. The van der Waals surface area contributed by atoms with Crippen molar-refractivity contribution in [3.05, 3.63) is 0 Å². The van der Waals surface area contributed by atoms with Gasteiger partial charge in [0.1, 0.15) is 0 Å². The largest absolute Gasteiger partial charge is 0.477 e. The molecule has 0 aromatic carbocycles. The molecule has 0 aromatic heterocycles. The first-order valence-corrected chi connectivity index (χ1v) is 16.3. The average molecular weight is 535 g/mol. The van der Waals surface area contributed by atoms with Gasteiger partial charge in [-0.2, -0.15) is 11.8 Å². The third-order valence-corrected chi connectivity index (χ3v) is 8.67. The van der Waals surface area contributed by atoms with E-state index in [0.29, 0.717) is 6.42 Å². The van der Waals surface area contributed by atoms with E-state index in [9.17, 15) is 14.5 Å². The zero-order valence-corrected chi connectivity index (χ0v) is 24.9. The Balaban J connectivity index is 4.51. The van der Waals surface area contributed by atoms with E-state index in [4.69, 9.17) is 9.47 Å². The van der Waals surface area contributed by atoms with Gasteiger partial charge in [-0.15, -0.1) is 0 Å². The highest BCUT2D eigenvalue weighted by molar-refractivity contribution is 7.99. The molecule has 0 rings (SSSR count). The van der Waals surface area contributed by atoms with E-state index in [1.54, 1.807) is 0 Å². The van der Waals surface area contributed by atoms with Crippen LogP contribution in [0.3, 0.4) is 0 Å². The first-order chi connectivity index (χ1) is 17.0. The van der Waals surface area contributed by atoms with Crippen molar-refractivity contribution in [2.45, 2.75) is 160 Å². The van der Waals surface area contributed by atoms with Gasteiger partial charge in [0.15, 0.2) is 0 Å². The smallest absolute Gasteiger partial charge is 0.377 e. The lowest BCUT2D eigenvalue weighted by Crippen LogP contribution is -2.44. The molecule has 0 spiro atoms. The second kappa shape index (κ2) is 24.2. The van der Waals surface area contributed by atoms with Crippen molar-refractivity contribution in [3.63, 3.8) is 0 Å². The van der Waals surface area contributed by atoms with Gasteiger partial charge in [0, 0.05) is 5.25 Å². The summed E-state index contributed by atoms with van der Waals surface area (Å²) < 4.78 is 23.1. The minimum absolute atomic E-state index is 0.172. The van der Waals surface area contributed by atoms with Gasteiger partial charge in [-0.25, -0.2) is 4.79 Å². The Bertz CT molecular complexity index is 508. The summed E-state index contributed by atoms with van der Waals surface area (Å²) >= 11 is 1.88. The molecule has 0 saturated heterocycles. The van der Waals surface area contributed by atoms with E-state index in [-0.39, 0.29) is 18.0 Å². The molecular weight excluding hydrogens is 479 g/mol. The Kier molecular flexibility index (Phi) is 24.1. The maximum Gasteiger partial charge on any atom is 0.377 e. The summed E-state index contributed by atoms with van der Waals surface area (Å²) in [7, 11) is -0.658. The number of carbonyl (C=O) groups is 1. The lowest BCUT2D eigenvalue weighted by Gasteiger charge is -2.31. The number of carboxylic acids is 1. The van der Waals surface area contributed by atoms with Crippen molar-refractivity contribution >= 4 is 26.2 Å². The normalized spacial score (nSPS) is 15.2. The van der Waals surface area contributed by atoms with E-state index < -0.39 is 20.0 Å². The Labute approximate surface area is 222 Å². The van der Waals surface area contributed by atoms with Gasteiger partial charge in [-0.1, -0.05) is 117 Å². The first-order valence-electron chi connectivity index (χ1n) is 14.5. The van der Waals surface area contributed by atoms with Gasteiger partial charge in [0.2, 0.25) is 8.46 Å². The molecular formula is C28H55O5PS. The van der Waals surface area contributed by atoms with Crippen molar-refractivity contribution in [2.75, 3.05) is 12.4 Å². The third-order valence-electron chi connectivity index (χ3n) is 6.43. The number of thioether (sulfide) groups is 1. The second-order valence-corrected chi connectivity index (χ2v) is 11.9. The van der Waals surface area contributed by atoms with E-state index in [2.05, 4.69) is 13.8 Å². The summed E-state index contributed by atoms with van der Waals surface area (Å²) in [5, 5.41) is 9.85. The molecule has 0 saturated carbocycles. The Morgan fingerprint density at radius 1 is 0.800 bits per heavy atom. The van der Waals surface area contributed by atoms with Gasteiger partial charge >= 0.3 is 11.5 Å². The molecule has 0 bridgehead atoms.